The third kappa shape index (κ3) is 2.65. The van der Waals surface area contributed by atoms with E-state index in [4.69, 9.17) is 10.9 Å². The monoisotopic (exact) mass is 328 g/mol. The second kappa shape index (κ2) is 5.40. The zero-order chi connectivity index (χ0) is 13.1. The molecular formula is C10H9BrN4O2S. The predicted molar refractivity (Wildman–Crippen MR) is 71.7 cm³/mol. The van der Waals surface area contributed by atoms with E-state index in [1.165, 1.54) is 4.68 Å². The van der Waals surface area contributed by atoms with Gasteiger partial charge < -0.3 is 10.9 Å². The summed E-state index contributed by atoms with van der Waals surface area (Å²) in [5, 5.41) is 16.8. The molecule has 0 fully saturated rings. The number of hydrogen-bond donors (Lipinski definition) is 2. The molecule has 0 amide bonds. The zero-order valence-corrected chi connectivity index (χ0v) is 11.5. The number of aromatic nitrogens is 3. The lowest BCUT2D eigenvalue weighted by atomic mass is 10.2. The third-order valence-electron chi connectivity index (χ3n) is 2.10. The van der Waals surface area contributed by atoms with Crippen molar-refractivity contribution in [1.29, 1.82) is 0 Å². The molecule has 1 heterocycles. The van der Waals surface area contributed by atoms with Gasteiger partial charge in [0.1, 0.15) is 0 Å². The van der Waals surface area contributed by atoms with Crippen molar-refractivity contribution in [2.45, 2.75) is 5.16 Å². The van der Waals surface area contributed by atoms with Crippen LogP contribution < -0.4 is 5.84 Å². The number of carbonyl (C=O) groups is 1. The quantitative estimate of drug-likeness (QED) is 0.654. The number of hydrogen-bond acceptors (Lipinski definition) is 5. The van der Waals surface area contributed by atoms with Crippen LogP contribution >= 0.6 is 27.7 Å². The van der Waals surface area contributed by atoms with Gasteiger partial charge in [0, 0.05) is 10.0 Å². The van der Waals surface area contributed by atoms with E-state index in [9.17, 15) is 4.79 Å². The Morgan fingerprint density at radius 2 is 2.17 bits per heavy atom. The standard InChI is InChI=1S/C10H9BrN4O2S/c11-7-4-2-1-3-6(7)9-13-14-10(15(9)12)18-5-8(16)17/h1-4H,5,12H2,(H,16,17). The van der Waals surface area contributed by atoms with Crippen LogP contribution in [0.2, 0.25) is 0 Å². The minimum atomic E-state index is -0.926. The van der Waals surface area contributed by atoms with Gasteiger partial charge in [0.05, 0.1) is 5.75 Å². The van der Waals surface area contributed by atoms with Crippen LogP contribution in [0.25, 0.3) is 11.4 Å². The Balaban J connectivity index is 2.31. The van der Waals surface area contributed by atoms with E-state index >= 15 is 0 Å². The van der Waals surface area contributed by atoms with Crippen LogP contribution in [0.4, 0.5) is 0 Å². The van der Waals surface area contributed by atoms with Gasteiger partial charge in [-0.15, -0.1) is 10.2 Å². The first-order chi connectivity index (χ1) is 8.59. The van der Waals surface area contributed by atoms with Crippen LogP contribution in [0.15, 0.2) is 33.9 Å². The van der Waals surface area contributed by atoms with Gasteiger partial charge in [0.25, 0.3) is 0 Å². The number of aliphatic carboxylic acids is 1. The smallest absolute Gasteiger partial charge is 0.313 e. The summed E-state index contributed by atoms with van der Waals surface area (Å²) in [7, 11) is 0. The van der Waals surface area contributed by atoms with Crippen LogP contribution in [0.5, 0.6) is 0 Å². The number of nitrogen functional groups attached to an aromatic ring is 1. The van der Waals surface area contributed by atoms with Gasteiger partial charge in [0.2, 0.25) is 5.16 Å². The van der Waals surface area contributed by atoms with Crippen molar-refractivity contribution in [2.75, 3.05) is 11.6 Å². The maximum absolute atomic E-state index is 10.5. The molecule has 18 heavy (non-hydrogen) atoms. The fraction of sp³-hybridized carbons (Fsp3) is 0.100. The molecule has 8 heteroatoms. The summed E-state index contributed by atoms with van der Waals surface area (Å²) >= 11 is 4.43. The highest BCUT2D eigenvalue weighted by Gasteiger charge is 2.14. The van der Waals surface area contributed by atoms with E-state index < -0.39 is 5.97 Å². The summed E-state index contributed by atoms with van der Waals surface area (Å²) in [4.78, 5) is 10.5. The Labute approximate surface area is 115 Å². The van der Waals surface area contributed by atoms with Crippen LogP contribution in [-0.2, 0) is 4.79 Å². The number of benzene rings is 1. The van der Waals surface area contributed by atoms with Crippen LogP contribution in [0.1, 0.15) is 0 Å². The van der Waals surface area contributed by atoms with Crippen molar-refractivity contribution in [3.05, 3.63) is 28.7 Å². The largest absolute Gasteiger partial charge is 0.481 e. The average molecular weight is 329 g/mol. The molecule has 0 aliphatic carbocycles. The van der Waals surface area contributed by atoms with Crippen molar-refractivity contribution in [3.63, 3.8) is 0 Å². The number of halogens is 1. The molecule has 3 N–H and O–H groups in total. The summed E-state index contributed by atoms with van der Waals surface area (Å²) in [5.74, 6) is 5.30. The van der Waals surface area contributed by atoms with Crippen molar-refractivity contribution in [1.82, 2.24) is 14.9 Å². The molecular weight excluding hydrogens is 320 g/mol. The minimum absolute atomic E-state index is 0.106. The summed E-state index contributed by atoms with van der Waals surface area (Å²) in [6, 6.07) is 7.46. The molecule has 0 atom stereocenters. The minimum Gasteiger partial charge on any atom is -0.481 e. The fourth-order valence-electron chi connectivity index (χ4n) is 1.33. The lowest BCUT2D eigenvalue weighted by molar-refractivity contribution is -0.133. The maximum Gasteiger partial charge on any atom is 0.313 e. The van der Waals surface area contributed by atoms with E-state index in [1.807, 2.05) is 24.3 Å². The number of thioether (sulfide) groups is 1. The fourth-order valence-corrected chi connectivity index (χ4v) is 2.37. The predicted octanol–water partition coefficient (Wildman–Crippen LogP) is 1.60. The van der Waals surface area contributed by atoms with Gasteiger partial charge >= 0.3 is 5.97 Å². The van der Waals surface area contributed by atoms with E-state index in [0.717, 1.165) is 21.8 Å². The van der Waals surface area contributed by atoms with Crippen LogP contribution in [0, 0.1) is 0 Å². The normalized spacial score (nSPS) is 10.5. The summed E-state index contributed by atoms with van der Waals surface area (Å²) in [6.07, 6.45) is 0. The zero-order valence-electron chi connectivity index (χ0n) is 9.08. The Kier molecular flexibility index (Phi) is 3.87. The highest BCUT2D eigenvalue weighted by atomic mass is 79.9. The molecule has 0 saturated heterocycles. The second-order valence-corrected chi connectivity index (χ2v) is 5.14. The topological polar surface area (TPSA) is 94.0 Å². The van der Waals surface area contributed by atoms with E-state index in [-0.39, 0.29) is 5.75 Å². The first kappa shape index (κ1) is 12.9. The van der Waals surface area contributed by atoms with Crippen molar-refractivity contribution in [3.8, 4) is 11.4 Å². The molecule has 0 spiro atoms. The molecule has 2 aromatic rings. The van der Waals surface area contributed by atoms with Crippen molar-refractivity contribution >= 4 is 33.7 Å². The molecule has 0 unspecified atom stereocenters. The lowest BCUT2D eigenvalue weighted by Gasteiger charge is -2.04. The van der Waals surface area contributed by atoms with Crippen LogP contribution in [0.3, 0.4) is 0 Å². The van der Waals surface area contributed by atoms with Gasteiger partial charge in [-0.2, -0.15) is 0 Å². The molecule has 0 aliphatic rings. The SMILES string of the molecule is Nn1c(SCC(=O)O)nnc1-c1ccccc1Br. The molecule has 6 nitrogen and oxygen atoms in total. The maximum atomic E-state index is 10.5. The van der Waals surface area contributed by atoms with Gasteiger partial charge in [-0.05, 0) is 12.1 Å². The number of nitrogens with two attached hydrogens (primary N) is 1. The van der Waals surface area contributed by atoms with Gasteiger partial charge in [-0.1, -0.05) is 39.8 Å². The van der Waals surface area contributed by atoms with Gasteiger partial charge in [-0.25, -0.2) is 4.68 Å². The molecule has 0 bridgehead atoms. The number of carboxylic acid groups (broad SMARTS) is 1. The first-order valence-electron chi connectivity index (χ1n) is 4.89. The van der Waals surface area contributed by atoms with E-state index in [0.29, 0.717) is 11.0 Å². The summed E-state index contributed by atoms with van der Waals surface area (Å²) in [5.41, 5.74) is 0.801. The second-order valence-electron chi connectivity index (χ2n) is 3.34. The Morgan fingerprint density at radius 3 is 2.83 bits per heavy atom. The molecule has 1 aromatic heterocycles. The molecule has 0 aliphatic heterocycles. The first-order valence-corrected chi connectivity index (χ1v) is 6.67. The van der Waals surface area contributed by atoms with Gasteiger partial charge in [0.15, 0.2) is 5.82 Å². The highest BCUT2D eigenvalue weighted by Crippen LogP contribution is 2.27. The summed E-state index contributed by atoms with van der Waals surface area (Å²) in [6.45, 7) is 0. The van der Waals surface area contributed by atoms with Gasteiger partial charge in [-0.3, -0.25) is 4.79 Å². The Hall–Kier alpha value is -1.54. The number of nitrogens with zero attached hydrogens (tertiary/aromatic N) is 3. The van der Waals surface area contributed by atoms with Crippen molar-refractivity contribution < 1.29 is 9.90 Å². The molecule has 1 aromatic carbocycles. The van der Waals surface area contributed by atoms with Crippen LogP contribution in [-0.4, -0.2) is 31.7 Å². The summed E-state index contributed by atoms with van der Waals surface area (Å²) < 4.78 is 2.13. The molecule has 94 valence electrons. The van der Waals surface area contributed by atoms with E-state index in [2.05, 4.69) is 26.1 Å². The Bertz CT molecular complexity index is 587. The highest BCUT2D eigenvalue weighted by molar-refractivity contribution is 9.10. The molecule has 2 rings (SSSR count). The lowest BCUT2D eigenvalue weighted by Crippen LogP contribution is -2.12. The number of carboxylic acids is 1. The number of rotatable bonds is 4. The average Bonchev–Trinajstić information content (AvgIpc) is 2.69. The van der Waals surface area contributed by atoms with E-state index in [1.54, 1.807) is 0 Å². The Morgan fingerprint density at radius 1 is 1.44 bits per heavy atom. The third-order valence-corrected chi connectivity index (χ3v) is 3.72. The van der Waals surface area contributed by atoms with Crippen molar-refractivity contribution in [2.24, 2.45) is 0 Å². The molecule has 0 radical (unpaired) electrons. The molecule has 0 saturated carbocycles.